The minimum absolute atomic E-state index is 0.460. The summed E-state index contributed by atoms with van der Waals surface area (Å²) in [5.41, 5.74) is 8.95. The van der Waals surface area contributed by atoms with Crippen molar-refractivity contribution in [3.8, 4) is 0 Å². The Morgan fingerprint density at radius 3 is 2.88 bits per heavy atom. The second-order valence-corrected chi connectivity index (χ2v) is 4.63. The number of hydrogen-bond donors (Lipinski definition) is 1. The fraction of sp³-hybridized carbons (Fsp3) is 0.700. The van der Waals surface area contributed by atoms with Crippen LogP contribution in [0.5, 0.6) is 0 Å². The molecule has 0 saturated carbocycles. The first-order chi connectivity index (χ1) is 7.85. The Bertz CT molecular complexity index is 420. The highest BCUT2D eigenvalue weighted by atomic mass is 15.3. The van der Waals surface area contributed by atoms with Crippen molar-refractivity contribution in [2.24, 2.45) is 5.11 Å². The molecular weight excluding hydrogens is 204 g/mol. The van der Waals surface area contributed by atoms with E-state index in [0.29, 0.717) is 23.8 Å². The molecule has 0 amide bonds. The minimum atomic E-state index is 0.460. The van der Waals surface area contributed by atoms with Gasteiger partial charge >= 0.3 is 0 Å². The van der Waals surface area contributed by atoms with Gasteiger partial charge in [-0.1, -0.05) is 5.11 Å². The SMILES string of the molecule is [N-]=[N+]=Nc1cnn(C2CC3CCC(C2)N3)c1. The molecule has 2 unspecified atom stereocenters. The molecule has 0 radical (unpaired) electrons. The zero-order valence-corrected chi connectivity index (χ0v) is 8.95. The molecule has 2 saturated heterocycles. The van der Waals surface area contributed by atoms with E-state index < -0.39 is 0 Å². The molecule has 2 fully saturated rings. The summed E-state index contributed by atoms with van der Waals surface area (Å²) in [6.07, 6.45) is 8.30. The van der Waals surface area contributed by atoms with Gasteiger partial charge in [0.25, 0.3) is 0 Å². The molecule has 0 aromatic carbocycles. The number of nitrogens with one attached hydrogen (secondary N) is 1. The Labute approximate surface area is 93.3 Å². The average molecular weight is 218 g/mol. The highest BCUT2D eigenvalue weighted by Crippen LogP contribution is 2.34. The Morgan fingerprint density at radius 2 is 2.19 bits per heavy atom. The summed E-state index contributed by atoms with van der Waals surface area (Å²) in [7, 11) is 0. The normalized spacial score (nSPS) is 32.4. The highest BCUT2D eigenvalue weighted by Gasteiger charge is 2.34. The van der Waals surface area contributed by atoms with Crippen molar-refractivity contribution < 1.29 is 0 Å². The summed E-state index contributed by atoms with van der Waals surface area (Å²) in [6.45, 7) is 0. The van der Waals surface area contributed by atoms with Gasteiger partial charge in [-0.3, -0.25) is 4.68 Å². The fourth-order valence-corrected chi connectivity index (χ4v) is 2.87. The van der Waals surface area contributed by atoms with Gasteiger partial charge in [0, 0.05) is 23.2 Å². The maximum absolute atomic E-state index is 8.34. The molecular formula is C10H14N6. The number of rotatable bonds is 2. The van der Waals surface area contributed by atoms with Gasteiger partial charge in [-0.05, 0) is 31.2 Å². The van der Waals surface area contributed by atoms with Gasteiger partial charge < -0.3 is 5.32 Å². The maximum atomic E-state index is 8.34. The largest absolute Gasteiger partial charge is 0.311 e. The van der Waals surface area contributed by atoms with Crippen LogP contribution in [-0.2, 0) is 0 Å². The standard InChI is InChI=1S/C10H14N6/c11-15-14-9-5-12-16(6-9)10-3-7-1-2-8(4-10)13-7/h5-8,10,13H,1-4H2. The van der Waals surface area contributed by atoms with Crippen LogP contribution in [-0.4, -0.2) is 21.9 Å². The summed E-state index contributed by atoms with van der Waals surface area (Å²) in [5, 5.41) is 11.4. The third-order valence-electron chi connectivity index (χ3n) is 3.57. The van der Waals surface area contributed by atoms with Gasteiger partial charge in [0.2, 0.25) is 0 Å². The molecule has 2 bridgehead atoms. The first-order valence-electron chi connectivity index (χ1n) is 5.70. The molecule has 0 aliphatic carbocycles. The smallest absolute Gasteiger partial charge is 0.0755 e. The molecule has 2 aliphatic rings. The molecule has 84 valence electrons. The molecule has 3 heterocycles. The zero-order chi connectivity index (χ0) is 11.0. The van der Waals surface area contributed by atoms with Gasteiger partial charge in [-0.15, -0.1) is 0 Å². The maximum Gasteiger partial charge on any atom is 0.0755 e. The van der Waals surface area contributed by atoms with Crippen molar-refractivity contribution in [3.63, 3.8) is 0 Å². The van der Waals surface area contributed by atoms with Crippen molar-refractivity contribution in [2.45, 2.75) is 43.8 Å². The van der Waals surface area contributed by atoms with Crippen LogP contribution in [0.15, 0.2) is 17.5 Å². The topological polar surface area (TPSA) is 78.6 Å². The molecule has 1 N–H and O–H groups in total. The lowest BCUT2D eigenvalue weighted by molar-refractivity contribution is 0.281. The van der Waals surface area contributed by atoms with Crippen molar-refractivity contribution in [1.29, 1.82) is 0 Å². The third-order valence-corrected chi connectivity index (χ3v) is 3.57. The highest BCUT2D eigenvalue weighted by molar-refractivity contribution is 5.29. The van der Waals surface area contributed by atoms with E-state index in [-0.39, 0.29) is 0 Å². The van der Waals surface area contributed by atoms with Crippen LogP contribution in [0, 0.1) is 0 Å². The lowest BCUT2D eigenvalue weighted by atomic mass is 10.0. The lowest BCUT2D eigenvalue weighted by Crippen LogP contribution is -2.38. The molecule has 0 spiro atoms. The summed E-state index contributed by atoms with van der Waals surface area (Å²) >= 11 is 0. The Kier molecular flexibility index (Phi) is 2.31. The van der Waals surface area contributed by atoms with Crippen LogP contribution in [0.3, 0.4) is 0 Å². The van der Waals surface area contributed by atoms with Crippen LogP contribution in [0.25, 0.3) is 10.4 Å². The molecule has 3 rings (SSSR count). The summed E-state index contributed by atoms with van der Waals surface area (Å²) in [5.74, 6) is 0. The summed E-state index contributed by atoms with van der Waals surface area (Å²) in [6, 6.07) is 1.76. The number of hydrogen-bond acceptors (Lipinski definition) is 3. The second-order valence-electron chi connectivity index (χ2n) is 4.63. The second kappa shape index (κ2) is 3.81. The van der Waals surface area contributed by atoms with Gasteiger partial charge in [0.1, 0.15) is 0 Å². The van der Waals surface area contributed by atoms with Crippen molar-refractivity contribution in [2.75, 3.05) is 0 Å². The molecule has 2 aliphatic heterocycles. The lowest BCUT2D eigenvalue weighted by Gasteiger charge is -2.29. The minimum Gasteiger partial charge on any atom is -0.311 e. The van der Waals surface area contributed by atoms with E-state index >= 15 is 0 Å². The summed E-state index contributed by atoms with van der Waals surface area (Å²) < 4.78 is 1.95. The van der Waals surface area contributed by atoms with E-state index in [0.717, 1.165) is 12.8 Å². The van der Waals surface area contributed by atoms with Crippen molar-refractivity contribution >= 4 is 5.69 Å². The van der Waals surface area contributed by atoms with Gasteiger partial charge in [0.05, 0.1) is 17.9 Å². The van der Waals surface area contributed by atoms with E-state index in [1.807, 2.05) is 10.9 Å². The van der Waals surface area contributed by atoms with Crippen LogP contribution in [0.1, 0.15) is 31.7 Å². The average Bonchev–Trinajstić information content (AvgIpc) is 2.87. The van der Waals surface area contributed by atoms with Gasteiger partial charge in [-0.25, -0.2) is 0 Å². The van der Waals surface area contributed by atoms with Gasteiger partial charge in [0.15, 0.2) is 0 Å². The van der Waals surface area contributed by atoms with Crippen LogP contribution >= 0.6 is 0 Å². The zero-order valence-electron chi connectivity index (χ0n) is 8.95. The number of piperidine rings is 1. The van der Waals surface area contributed by atoms with Gasteiger partial charge in [-0.2, -0.15) is 5.10 Å². The van der Waals surface area contributed by atoms with E-state index in [1.54, 1.807) is 6.20 Å². The fourth-order valence-electron chi connectivity index (χ4n) is 2.87. The first kappa shape index (κ1) is 9.69. The van der Waals surface area contributed by atoms with Crippen LogP contribution in [0.4, 0.5) is 5.69 Å². The van der Waals surface area contributed by atoms with E-state index in [4.69, 9.17) is 5.53 Å². The molecule has 1 aromatic rings. The van der Waals surface area contributed by atoms with E-state index in [9.17, 15) is 0 Å². The number of fused-ring (bicyclic) bond motifs is 2. The predicted molar refractivity (Wildman–Crippen MR) is 59.2 cm³/mol. The number of azide groups is 1. The van der Waals surface area contributed by atoms with E-state index in [2.05, 4.69) is 20.4 Å². The Morgan fingerprint density at radius 1 is 1.44 bits per heavy atom. The van der Waals surface area contributed by atoms with Crippen molar-refractivity contribution in [3.05, 3.63) is 22.8 Å². The number of aromatic nitrogens is 2. The number of nitrogens with zero attached hydrogens (tertiary/aromatic N) is 5. The molecule has 1 aromatic heterocycles. The molecule has 6 nitrogen and oxygen atoms in total. The third kappa shape index (κ3) is 1.66. The summed E-state index contributed by atoms with van der Waals surface area (Å²) in [4.78, 5) is 2.77. The quantitative estimate of drug-likeness (QED) is 0.469. The Hall–Kier alpha value is -1.52. The van der Waals surface area contributed by atoms with Crippen LogP contribution < -0.4 is 5.32 Å². The van der Waals surface area contributed by atoms with Crippen LogP contribution in [0.2, 0.25) is 0 Å². The van der Waals surface area contributed by atoms with E-state index in [1.165, 1.54) is 12.8 Å². The molecule has 2 atom stereocenters. The monoisotopic (exact) mass is 218 g/mol. The molecule has 6 heteroatoms. The van der Waals surface area contributed by atoms with Crippen molar-refractivity contribution in [1.82, 2.24) is 15.1 Å². The predicted octanol–water partition coefficient (Wildman–Crippen LogP) is 2.28. The molecule has 16 heavy (non-hydrogen) atoms. The first-order valence-corrected chi connectivity index (χ1v) is 5.70. The Balaban J connectivity index is 1.78.